The van der Waals surface area contributed by atoms with Crippen LogP contribution in [-0.2, 0) is 0 Å². The van der Waals surface area contributed by atoms with Crippen LogP contribution in [0.25, 0.3) is 104 Å². The summed E-state index contributed by atoms with van der Waals surface area (Å²) in [6, 6.07) is 64.6. The molecule has 11 aromatic rings. The van der Waals surface area contributed by atoms with Crippen LogP contribution in [0.1, 0.15) is 30.4 Å². The van der Waals surface area contributed by atoms with Crippen molar-refractivity contribution < 1.29 is 8.83 Å². The molecule has 1 unspecified atom stereocenters. The summed E-state index contributed by atoms with van der Waals surface area (Å²) in [4.78, 5) is 0. The predicted molar refractivity (Wildman–Crippen MR) is 271 cm³/mol. The Morgan fingerprint density at radius 3 is 1.56 bits per heavy atom. The molecule has 2 aromatic heterocycles. The average Bonchev–Trinajstić information content (AvgIpc) is 3.93. The van der Waals surface area contributed by atoms with Crippen molar-refractivity contribution in [2.24, 2.45) is 5.73 Å². The standard InChI is InChI=1S/C61H45NO2/c1-2-3-4-5-6-8-19-45(39-55(62)44-24-22-41(23-25-44)40-15-9-7-10-16-40)48-34-49(46-28-30-56-53(37-46)60-51-20-13-11-17-42(51)26-32-58(60)63-56)36-50(35-48)47-29-31-57-54(38-47)61-52-21-14-12-18-43(52)27-33-59(61)64-57/h3-39,45H,2,62H2,1H3/b4-3-,6-5-,19-8+,55-39-. The van der Waals surface area contributed by atoms with E-state index in [-0.39, 0.29) is 5.92 Å². The number of fused-ring (bicyclic) bond motifs is 10. The second kappa shape index (κ2) is 16.6. The van der Waals surface area contributed by atoms with E-state index in [4.69, 9.17) is 14.6 Å². The molecule has 9 aromatic carbocycles. The van der Waals surface area contributed by atoms with Gasteiger partial charge >= 0.3 is 0 Å². The highest BCUT2D eigenvalue weighted by atomic mass is 16.3. The van der Waals surface area contributed by atoms with Gasteiger partial charge in [0.05, 0.1) is 0 Å². The summed E-state index contributed by atoms with van der Waals surface area (Å²) in [6.07, 6.45) is 16.0. The molecule has 0 aliphatic heterocycles. The Kier molecular flexibility index (Phi) is 10.1. The molecule has 1 atom stereocenters. The third-order valence-electron chi connectivity index (χ3n) is 12.4. The minimum absolute atomic E-state index is 0.155. The van der Waals surface area contributed by atoms with Gasteiger partial charge in [-0.2, -0.15) is 0 Å². The largest absolute Gasteiger partial charge is 0.456 e. The molecular weight excluding hydrogens is 779 g/mol. The average molecular weight is 824 g/mol. The maximum Gasteiger partial charge on any atom is 0.136 e. The fourth-order valence-corrected chi connectivity index (χ4v) is 9.20. The van der Waals surface area contributed by atoms with Crippen molar-refractivity contribution in [1.82, 2.24) is 0 Å². The molecule has 2 heterocycles. The van der Waals surface area contributed by atoms with Gasteiger partial charge < -0.3 is 14.6 Å². The Bertz CT molecular complexity index is 3480. The number of hydrogen-bond acceptors (Lipinski definition) is 3. The monoisotopic (exact) mass is 823 g/mol. The van der Waals surface area contributed by atoms with Gasteiger partial charge in [-0.05, 0) is 121 Å². The molecule has 306 valence electrons. The van der Waals surface area contributed by atoms with Gasteiger partial charge in [0.2, 0.25) is 0 Å². The minimum atomic E-state index is -0.155. The zero-order valence-electron chi connectivity index (χ0n) is 35.5. The second-order valence-electron chi connectivity index (χ2n) is 16.5. The highest BCUT2D eigenvalue weighted by Crippen LogP contribution is 2.41. The Hall–Kier alpha value is -8.14. The van der Waals surface area contributed by atoms with E-state index in [2.05, 4.69) is 225 Å². The predicted octanol–water partition coefficient (Wildman–Crippen LogP) is 17.0. The number of benzene rings is 9. The van der Waals surface area contributed by atoms with E-state index in [0.29, 0.717) is 5.70 Å². The maximum absolute atomic E-state index is 7.06. The van der Waals surface area contributed by atoms with Crippen LogP contribution in [0.3, 0.4) is 0 Å². The first-order valence-electron chi connectivity index (χ1n) is 22.0. The normalized spacial score (nSPS) is 13.0. The van der Waals surface area contributed by atoms with E-state index in [0.717, 1.165) is 89.2 Å². The fourth-order valence-electron chi connectivity index (χ4n) is 9.20. The Morgan fingerprint density at radius 1 is 0.453 bits per heavy atom. The molecule has 0 bridgehead atoms. The minimum Gasteiger partial charge on any atom is -0.456 e. The molecule has 0 saturated heterocycles. The molecule has 11 rings (SSSR count). The van der Waals surface area contributed by atoms with Gasteiger partial charge in [-0.3, -0.25) is 0 Å². The lowest BCUT2D eigenvalue weighted by Crippen LogP contribution is -2.01. The number of nitrogens with two attached hydrogens (primary N) is 1. The van der Waals surface area contributed by atoms with E-state index >= 15 is 0 Å². The second-order valence-corrected chi connectivity index (χ2v) is 16.5. The molecule has 3 nitrogen and oxygen atoms in total. The number of hydrogen-bond donors (Lipinski definition) is 1. The van der Waals surface area contributed by atoms with Gasteiger partial charge in [0, 0.05) is 33.2 Å². The smallest absolute Gasteiger partial charge is 0.136 e. The topological polar surface area (TPSA) is 52.3 Å². The van der Waals surface area contributed by atoms with Crippen molar-refractivity contribution in [1.29, 1.82) is 0 Å². The van der Waals surface area contributed by atoms with Gasteiger partial charge in [-0.25, -0.2) is 0 Å². The fraction of sp³-hybridized carbons (Fsp3) is 0.0492. The quantitative estimate of drug-likeness (QED) is 0.140. The molecule has 0 radical (unpaired) electrons. The highest BCUT2D eigenvalue weighted by Gasteiger charge is 2.17. The van der Waals surface area contributed by atoms with Crippen LogP contribution >= 0.6 is 0 Å². The van der Waals surface area contributed by atoms with Gasteiger partial charge in [0.15, 0.2) is 0 Å². The van der Waals surface area contributed by atoms with Crippen LogP contribution in [-0.4, -0.2) is 0 Å². The van der Waals surface area contributed by atoms with E-state index in [1.807, 2.05) is 6.07 Å². The summed E-state index contributed by atoms with van der Waals surface area (Å²) >= 11 is 0. The molecular formula is C61H45NO2. The number of allylic oxidation sites excluding steroid dienone is 7. The van der Waals surface area contributed by atoms with Crippen LogP contribution in [0.15, 0.2) is 233 Å². The SMILES string of the molecule is CC\C=C/C=C\C=C\C(/C=C(\N)c1ccc(-c2ccccc2)cc1)c1cc(-c2ccc3oc4ccc5ccccc5c4c3c2)cc(-c2ccc3oc4ccc5ccccc5c4c3c2)c1. The zero-order valence-corrected chi connectivity index (χ0v) is 35.5. The molecule has 0 spiro atoms. The molecule has 2 N–H and O–H groups in total. The van der Waals surface area contributed by atoms with Gasteiger partial charge in [-0.15, -0.1) is 0 Å². The van der Waals surface area contributed by atoms with Crippen LogP contribution in [0.2, 0.25) is 0 Å². The lowest BCUT2D eigenvalue weighted by Gasteiger charge is -2.16. The summed E-state index contributed by atoms with van der Waals surface area (Å²) in [5.74, 6) is -0.155. The van der Waals surface area contributed by atoms with Crippen molar-refractivity contribution in [3.8, 4) is 33.4 Å². The zero-order chi connectivity index (χ0) is 43.0. The van der Waals surface area contributed by atoms with E-state index in [9.17, 15) is 0 Å². The molecule has 0 fully saturated rings. The Balaban J connectivity index is 1.10. The van der Waals surface area contributed by atoms with Crippen LogP contribution in [0, 0.1) is 0 Å². The molecule has 0 aliphatic carbocycles. The van der Waals surface area contributed by atoms with Crippen molar-refractivity contribution in [3.63, 3.8) is 0 Å². The maximum atomic E-state index is 7.06. The third kappa shape index (κ3) is 7.27. The first kappa shape index (κ1) is 38.8. The Morgan fingerprint density at radius 2 is 0.969 bits per heavy atom. The van der Waals surface area contributed by atoms with E-state index < -0.39 is 0 Å². The van der Waals surface area contributed by atoms with Gasteiger partial charge in [0.25, 0.3) is 0 Å². The van der Waals surface area contributed by atoms with Gasteiger partial charge in [0.1, 0.15) is 22.3 Å². The third-order valence-corrected chi connectivity index (χ3v) is 12.4. The van der Waals surface area contributed by atoms with Crippen LogP contribution in [0.5, 0.6) is 0 Å². The number of furan rings is 2. The molecule has 0 saturated carbocycles. The lowest BCUT2D eigenvalue weighted by molar-refractivity contribution is 0.669. The first-order chi connectivity index (χ1) is 31.6. The van der Waals surface area contributed by atoms with Crippen LogP contribution in [0.4, 0.5) is 0 Å². The number of rotatable bonds is 10. The summed E-state index contributed by atoms with van der Waals surface area (Å²) < 4.78 is 12.9. The lowest BCUT2D eigenvalue weighted by atomic mass is 9.88. The van der Waals surface area contributed by atoms with Crippen LogP contribution < -0.4 is 5.73 Å². The molecule has 64 heavy (non-hydrogen) atoms. The van der Waals surface area contributed by atoms with E-state index in [1.54, 1.807) is 0 Å². The van der Waals surface area contributed by atoms with Crippen molar-refractivity contribution in [2.75, 3.05) is 0 Å². The summed E-state index contributed by atoms with van der Waals surface area (Å²) in [6.45, 7) is 2.14. The Labute approximate surface area is 372 Å². The first-order valence-corrected chi connectivity index (χ1v) is 22.0. The van der Waals surface area contributed by atoms with Crippen molar-refractivity contribution in [3.05, 3.63) is 236 Å². The molecule has 3 heteroatoms. The van der Waals surface area contributed by atoms with Gasteiger partial charge in [-0.1, -0.05) is 183 Å². The molecule has 0 aliphatic rings. The van der Waals surface area contributed by atoms with E-state index in [1.165, 1.54) is 27.1 Å². The molecule has 0 amide bonds. The summed E-state index contributed by atoms with van der Waals surface area (Å²) in [5.41, 5.74) is 20.1. The summed E-state index contributed by atoms with van der Waals surface area (Å²) in [7, 11) is 0. The van der Waals surface area contributed by atoms with Crippen molar-refractivity contribution >= 4 is 71.1 Å². The highest BCUT2D eigenvalue weighted by molar-refractivity contribution is 6.20. The van der Waals surface area contributed by atoms with Crippen molar-refractivity contribution in [2.45, 2.75) is 19.3 Å². The summed E-state index contributed by atoms with van der Waals surface area (Å²) in [5, 5.41) is 9.21.